The molecule has 0 spiro atoms. The molecule has 1 saturated heterocycles. The van der Waals surface area contributed by atoms with E-state index in [1.165, 1.54) is 18.4 Å². The first kappa shape index (κ1) is 12.6. The molecule has 17 heavy (non-hydrogen) atoms. The summed E-state index contributed by atoms with van der Waals surface area (Å²) < 4.78 is 5.55. The highest BCUT2D eigenvalue weighted by Crippen LogP contribution is 2.13. The van der Waals surface area contributed by atoms with Crippen molar-refractivity contribution in [1.82, 2.24) is 5.32 Å². The predicted octanol–water partition coefficient (Wildman–Crippen LogP) is 1.85. The van der Waals surface area contributed by atoms with Gasteiger partial charge < -0.3 is 15.8 Å². The van der Waals surface area contributed by atoms with Gasteiger partial charge in [0.1, 0.15) is 0 Å². The Morgan fingerprint density at radius 1 is 1.35 bits per heavy atom. The molecule has 3 nitrogen and oxygen atoms in total. The molecule has 1 fully saturated rings. The third-order valence-electron chi connectivity index (χ3n) is 3.26. The number of nitrogens with two attached hydrogens (primary N) is 1. The summed E-state index contributed by atoms with van der Waals surface area (Å²) in [5, 5.41) is 3.42. The van der Waals surface area contributed by atoms with Gasteiger partial charge in [-0.2, -0.15) is 0 Å². The van der Waals surface area contributed by atoms with Gasteiger partial charge in [-0.3, -0.25) is 0 Å². The number of hydrogen-bond donors (Lipinski definition) is 2. The summed E-state index contributed by atoms with van der Waals surface area (Å²) >= 11 is 0. The average Bonchev–Trinajstić information content (AvgIpc) is 2.88. The molecule has 2 atom stereocenters. The fourth-order valence-electron chi connectivity index (χ4n) is 2.19. The van der Waals surface area contributed by atoms with Crippen LogP contribution in [0.3, 0.4) is 0 Å². The molecule has 0 aromatic heterocycles. The average molecular weight is 234 g/mol. The van der Waals surface area contributed by atoms with E-state index in [1.807, 2.05) is 18.2 Å². The minimum Gasteiger partial charge on any atom is -0.377 e. The van der Waals surface area contributed by atoms with Gasteiger partial charge in [0, 0.05) is 19.2 Å². The van der Waals surface area contributed by atoms with Crippen LogP contribution in [-0.2, 0) is 4.74 Å². The van der Waals surface area contributed by atoms with Gasteiger partial charge in [-0.15, -0.1) is 0 Å². The fraction of sp³-hybridized carbons (Fsp3) is 0.571. The lowest BCUT2D eigenvalue weighted by Gasteiger charge is -2.14. The number of benzene rings is 1. The second-order valence-electron chi connectivity index (χ2n) is 4.65. The maximum absolute atomic E-state index is 6.12. The Balaban J connectivity index is 1.61. The molecule has 3 N–H and O–H groups in total. The molecule has 3 heteroatoms. The third kappa shape index (κ3) is 4.11. The smallest absolute Gasteiger partial charge is 0.0700 e. The minimum absolute atomic E-state index is 0.133. The van der Waals surface area contributed by atoms with Gasteiger partial charge in [0.2, 0.25) is 0 Å². The first-order valence-corrected chi connectivity index (χ1v) is 6.49. The van der Waals surface area contributed by atoms with Gasteiger partial charge in [0.25, 0.3) is 0 Å². The zero-order valence-electron chi connectivity index (χ0n) is 10.3. The van der Waals surface area contributed by atoms with E-state index in [2.05, 4.69) is 17.4 Å². The van der Waals surface area contributed by atoms with Crippen molar-refractivity contribution in [3.05, 3.63) is 35.9 Å². The van der Waals surface area contributed by atoms with Crippen LogP contribution in [0.4, 0.5) is 0 Å². The minimum atomic E-state index is 0.133. The third-order valence-corrected chi connectivity index (χ3v) is 3.26. The summed E-state index contributed by atoms with van der Waals surface area (Å²) in [6, 6.07) is 10.4. The van der Waals surface area contributed by atoms with Gasteiger partial charge in [-0.25, -0.2) is 0 Å². The lowest BCUT2D eigenvalue weighted by atomic mass is 10.1. The lowest BCUT2D eigenvalue weighted by molar-refractivity contribution is 0.110. The second-order valence-corrected chi connectivity index (χ2v) is 4.65. The van der Waals surface area contributed by atoms with Crippen LogP contribution in [0.1, 0.15) is 30.9 Å². The Hall–Kier alpha value is -0.900. The van der Waals surface area contributed by atoms with Crippen molar-refractivity contribution in [3.63, 3.8) is 0 Å². The fourth-order valence-corrected chi connectivity index (χ4v) is 2.19. The van der Waals surface area contributed by atoms with E-state index in [0.717, 1.165) is 26.1 Å². The van der Waals surface area contributed by atoms with Crippen LogP contribution in [0.5, 0.6) is 0 Å². The van der Waals surface area contributed by atoms with Crippen molar-refractivity contribution >= 4 is 0 Å². The van der Waals surface area contributed by atoms with Gasteiger partial charge in [-0.1, -0.05) is 30.3 Å². The molecule has 0 saturated carbocycles. The molecule has 2 unspecified atom stereocenters. The number of nitrogens with one attached hydrogen (secondary N) is 1. The zero-order chi connectivity index (χ0) is 11.9. The highest BCUT2D eigenvalue weighted by molar-refractivity contribution is 5.18. The van der Waals surface area contributed by atoms with E-state index in [0.29, 0.717) is 6.10 Å². The van der Waals surface area contributed by atoms with Crippen LogP contribution in [0.15, 0.2) is 30.3 Å². The number of rotatable bonds is 6. The molecule has 2 rings (SSSR count). The Morgan fingerprint density at radius 3 is 2.88 bits per heavy atom. The van der Waals surface area contributed by atoms with E-state index >= 15 is 0 Å². The largest absolute Gasteiger partial charge is 0.377 e. The molecule has 1 aromatic rings. The predicted molar refractivity (Wildman–Crippen MR) is 69.8 cm³/mol. The molecule has 1 aliphatic heterocycles. The summed E-state index contributed by atoms with van der Waals surface area (Å²) in [7, 11) is 0. The van der Waals surface area contributed by atoms with E-state index in [4.69, 9.17) is 10.5 Å². The van der Waals surface area contributed by atoms with Crippen molar-refractivity contribution < 1.29 is 4.74 Å². The molecule has 1 aliphatic rings. The molecular formula is C14H22N2O. The Kier molecular flexibility index (Phi) is 4.98. The SMILES string of the molecule is NC(CCNCC1CCCO1)c1ccccc1. The highest BCUT2D eigenvalue weighted by Gasteiger charge is 2.14. The summed E-state index contributed by atoms with van der Waals surface area (Å²) in [5.74, 6) is 0. The maximum Gasteiger partial charge on any atom is 0.0700 e. The summed E-state index contributed by atoms with van der Waals surface area (Å²) in [6.07, 6.45) is 3.78. The molecular weight excluding hydrogens is 212 g/mol. The first-order chi connectivity index (χ1) is 8.36. The van der Waals surface area contributed by atoms with Crippen LogP contribution >= 0.6 is 0 Å². The summed E-state index contributed by atoms with van der Waals surface area (Å²) in [6.45, 7) is 2.84. The quantitative estimate of drug-likeness (QED) is 0.738. The van der Waals surface area contributed by atoms with E-state index in [-0.39, 0.29) is 6.04 Å². The molecule has 1 aromatic carbocycles. The van der Waals surface area contributed by atoms with Crippen molar-refractivity contribution in [2.75, 3.05) is 19.7 Å². The summed E-state index contributed by atoms with van der Waals surface area (Å²) in [4.78, 5) is 0. The topological polar surface area (TPSA) is 47.3 Å². The summed E-state index contributed by atoms with van der Waals surface area (Å²) in [5.41, 5.74) is 7.33. The van der Waals surface area contributed by atoms with E-state index < -0.39 is 0 Å². The lowest BCUT2D eigenvalue weighted by Crippen LogP contribution is -2.28. The van der Waals surface area contributed by atoms with Gasteiger partial charge in [-0.05, 0) is 31.4 Å². The van der Waals surface area contributed by atoms with Gasteiger partial charge >= 0.3 is 0 Å². The van der Waals surface area contributed by atoms with Crippen molar-refractivity contribution in [3.8, 4) is 0 Å². The second kappa shape index (κ2) is 6.74. The number of hydrogen-bond acceptors (Lipinski definition) is 3. The molecule has 0 aliphatic carbocycles. The van der Waals surface area contributed by atoms with Crippen LogP contribution in [0, 0.1) is 0 Å². The normalized spacial score (nSPS) is 21.6. The molecule has 94 valence electrons. The Morgan fingerprint density at radius 2 is 2.18 bits per heavy atom. The van der Waals surface area contributed by atoms with E-state index in [9.17, 15) is 0 Å². The Bertz CT molecular complexity index is 309. The molecule has 1 heterocycles. The van der Waals surface area contributed by atoms with Crippen molar-refractivity contribution in [2.45, 2.75) is 31.4 Å². The van der Waals surface area contributed by atoms with Crippen LogP contribution < -0.4 is 11.1 Å². The van der Waals surface area contributed by atoms with Crippen molar-refractivity contribution in [1.29, 1.82) is 0 Å². The van der Waals surface area contributed by atoms with E-state index in [1.54, 1.807) is 0 Å². The van der Waals surface area contributed by atoms with Gasteiger partial charge in [0.15, 0.2) is 0 Å². The maximum atomic E-state index is 6.12. The first-order valence-electron chi connectivity index (χ1n) is 6.49. The van der Waals surface area contributed by atoms with Crippen LogP contribution in [-0.4, -0.2) is 25.8 Å². The zero-order valence-corrected chi connectivity index (χ0v) is 10.3. The molecule has 0 radical (unpaired) electrons. The molecule has 0 amide bonds. The number of ether oxygens (including phenoxy) is 1. The van der Waals surface area contributed by atoms with Gasteiger partial charge in [0.05, 0.1) is 6.10 Å². The van der Waals surface area contributed by atoms with Crippen LogP contribution in [0.25, 0.3) is 0 Å². The highest BCUT2D eigenvalue weighted by atomic mass is 16.5. The monoisotopic (exact) mass is 234 g/mol. The Labute approximate surface area is 103 Å². The standard InChI is InChI=1S/C14H22N2O/c15-14(12-5-2-1-3-6-12)8-9-16-11-13-7-4-10-17-13/h1-3,5-6,13-14,16H,4,7-11,15H2. The molecule has 0 bridgehead atoms. The van der Waals surface area contributed by atoms with Crippen LogP contribution in [0.2, 0.25) is 0 Å². The van der Waals surface area contributed by atoms with Crippen molar-refractivity contribution in [2.24, 2.45) is 5.73 Å².